The van der Waals surface area contributed by atoms with E-state index in [0.29, 0.717) is 10.6 Å². The first-order valence-corrected chi connectivity index (χ1v) is 7.18. The zero-order chi connectivity index (χ0) is 14.3. The maximum absolute atomic E-state index is 12.5. The molecule has 1 atom stereocenters. The van der Waals surface area contributed by atoms with E-state index < -0.39 is 0 Å². The van der Waals surface area contributed by atoms with E-state index in [1.165, 1.54) is 11.3 Å². The van der Waals surface area contributed by atoms with Crippen molar-refractivity contribution in [3.05, 3.63) is 10.6 Å². The van der Waals surface area contributed by atoms with E-state index in [4.69, 9.17) is 5.73 Å². The summed E-state index contributed by atoms with van der Waals surface area (Å²) in [7, 11) is 3.70. The number of anilines is 1. The Balaban J connectivity index is 2.49. The molecule has 1 amide bonds. The van der Waals surface area contributed by atoms with Crippen molar-refractivity contribution in [2.75, 3.05) is 12.8 Å². The third-order valence-corrected chi connectivity index (χ3v) is 4.91. The van der Waals surface area contributed by atoms with Crippen molar-refractivity contribution in [2.45, 2.75) is 33.2 Å². The molecule has 2 aromatic heterocycles. The Hall–Kier alpha value is -1.56. The third-order valence-electron chi connectivity index (χ3n) is 3.65. The summed E-state index contributed by atoms with van der Waals surface area (Å²) in [4.78, 5) is 15.8. The Labute approximate surface area is 117 Å². The van der Waals surface area contributed by atoms with Gasteiger partial charge in [0, 0.05) is 20.1 Å². The molecular formula is C13H20N4OS. The highest BCUT2D eigenvalue weighted by Crippen LogP contribution is 2.36. The number of rotatable bonds is 3. The maximum atomic E-state index is 12.5. The van der Waals surface area contributed by atoms with Gasteiger partial charge < -0.3 is 10.6 Å². The second-order valence-electron chi connectivity index (χ2n) is 4.91. The van der Waals surface area contributed by atoms with Crippen LogP contribution in [0.5, 0.6) is 0 Å². The van der Waals surface area contributed by atoms with Crippen LogP contribution in [0.2, 0.25) is 0 Å². The third kappa shape index (κ3) is 2.10. The maximum Gasteiger partial charge on any atom is 0.266 e. The number of aryl methyl sites for hydroxylation is 2. The van der Waals surface area contributed by atoms with Gasteiger partial charge in [-0.25, -0.2) is 0 Å². The van der Waals surface area contributed by atoms with Crippen LogP contribution >= 0.6 is 11.3 Å². The Morgan fingerprint density at radius 1 is 1.58 bits per heavy atom. The highest BCUT2D eigenvalue weighted by molar-refractivity contribution is 7.21. The normalized spacial score (nSPS) is 12.9. The molecule has 2 aromatic rings. The molecule has 0 saturated carbocycles. The lowest BCUT2D eigenvalue weighted by Crippen LogP contribution is -2.34. The molecule has 19 heavy (non-hydrogen) atoms. The monoisotopic (exact) mass is 280 g/mol. The molecule has 2 heterocycles. The summed E-state index contributed by atoms with van der Waals surface area (Å²) in [6.07, 6.45) is 0.924. The summed E-state index contributed by atoms with van der Waals surface area (Å²) in [6, 6.07) is 0.205. The number of nitrogens with zero attached hydrogens (tertiary/aromatic N) is 3. The first-order valence-electron chi connectivity index (χ1n) is 6.37. The van der Waals surface area contributed by atoms with Crippen LogP contribution in [0.3, 0.4) is 0 Å². The molecule has 104 valence electrons. The molecule has 1 unspecified atom stereocenters. The van der Waals surface area contributed by atoms with Gasteiger partial charge >= 0.3 is 0 Å². The van der Waals surface area contributed by atoms with Crippen LogP contribution in [0.25, 0.3) is 10.2 Å². The van der Waals surface area contributed by atoms with Crippen molar-refractivity contribution in [2.24, 2.45) is 7.05 Å². The van der Waals surface area contributed by atoms with Gasteiger partial charge in [0.15, 0.2) is 0 Å². The SMILES string of the molecule is CCC(C)N(C)C(=O)c1sc2c(c(C)nn2C)c1N. The minimum Gasteiger partial charge on any atom is -0.397 e. The smallest absolute Gasteiger partial charge is 0.266 e. The molecule has 5 nitrogen and oxygen atoms in total. The first-order chi connectivity index (χ1) is 8.88. The number of nitrogen functional groups attached to an aromatic ring is 1. The Morgan fingerprint density at radius 2 is 2.21 bits per heavy atom. The molecule has 0 bridgehead atoms. The van der Waals surface area contributed by atoms with Gasteiger partial charge in [0.05, 0.1) is 16.8 Å². The van der Waals surface area contributed by atoms with Crippen molar-refractivity contribution >= 4 is 33.1 Å². The van der Waals surface area contributed by atoms with E-state index in [0.717, 1.165) is 22.3 Å². The quantitative estimate of drug-likeness (QED) is 0.939. The summed E-state index contributed by atoms with van der Waals surface area (Å²) in [5.74, 6) is -0.00699. The molecule has 0 spiro atoms. The van der Waals surface area contributed by atoms with E-state index in [1.54, 1.807) is 9.58 Å². The van der Waals surface area contributed by atoms with E-state index in [9.17, 15) is 4.79 Å². The van der Waals surface area contributed by atoms with Crippen molar-refractivity contribution < 1.29 is 4.79 Å². The lowest BCUT2D eigenvalue weighted by atomic mass is 10.2. The number of carbonyl (C=O) groups excluding carboxylic acids is 1. The zero-order valence-corrected chi connectivity index (χ0v) is 12.8. The van der Waals surface area contributed by atoms with Gasteiger partial charge in [0.1, 0.15) is 9.71 Å². The molecule has 0 aliphatic rings. The fraction of sp³-hybridized carbons (Fsp3) is 0.538. The molecule has 0 radical (unpaired) electrons. The number of aromatic nitrogens is 2. The average Bonchev–Trinajstić information content (AvgIpc) is 2.86. The van der Waals surface area contributed by atoms with Gasteiger partial charge in [-0.2, -0.15) is 5.10 Å². The van der Waals surface area contributed by atoms with Crippen molar-refractivity contribution in [3.8, 4) is 0 Å². The van der Waals surface area contributed by atoms with Crippen LogP contribution in [0.15, 0.2) is 0 Å². The van der Waals surface area contributed by atoms with Crippen LogP contribution in [0.4, 0.5) is 5.69 Å². The molecule has 0 fully saturated rings. The van der Waals surface area contributed by atoms with Gasteiger partial charge in [-0.3, -0.25) is 9.48 Å². The van der Waals surface area contributed by atoms with Gasteiger partial charge in [-0.05, 0) is 20.3 Å². The van der Waals surface area contributed by atoms with E-state index in [1.807, 2.05) is 27.9 Å². The second kappa shape index (κ2) is 4.85. The van der Waals surface area contributed by atoms with Crippen LogP contribution in [-0.4, -0.2) is 33.7 Å². The van der Waals surface area contributed by atoms with Gasteiger partial charge in [-0.15, -0.1) is 11.3 Å². The average molecular weight is 280 g/mol. The molecular weight excluding hydrogens is 260 g/mol. The summed E-state index contributed by atoms with van der Waals surface area (Å²) in [5, 5.41) is 5.24. The van der Waals surface area contributed by atoms with Crippen molar-refractivity contribution in [1.82, 2.24) is 14.7 Å². The summed E-state index contributed by atoms with van der Waals surface area (Å²) >= 11 is 1.42. The highest BCUT2D eigenvalue weighted by Gasteiger charge is 2.24. The Kier molecular flexibility index (Phi) is 3.54. The number of carbonyl (C=O) groups is 1. The highest BCUT2D eigenvalue weighted by atomic mass is 32.1. The standard InChI is InChI=1S/C13H20N4OS/c1-6-7(2)16(4)12(18)11-10(14)9-8(3)15-17(5)13(9)19-11/h7H,6,14H2,1-5H3. The second-order valence-corrected chi connectivity index (χ2v) is 5.91. The van der Waals surface area contributed by atoms with Crippen LogP contribution in [0, 0.1) is 6.92 Å². The fourth-order valence-electron chi connectivity index (χ4n) is 2.12. The number of hydrogen-bond donors (Lipinski definition) is 1. The fourth-order valence-corrected chi connectivity index (χ4v) is 3.29. The van der Waals surface area contributed by atoms with E-state index in [2.05, 4.69) is 12.0 Å². The predicted molar refractivity (Wildman–Crippen MR) is 79.6 cm³/mol. The van der Waals surface area contributed by atoms with Gasteiger partial charge in [-0.1, -0.05) is 6.92 Å². The number of hydrogen-bond acceptors (Lipinski definition) is 4. The summed E-state index contributed by atoms with van der Waals surface area (Å²) in [5.41, 5.74) is 7.58. The molecule has 6 heteroatoms. The molecule has 0 aliphatic heterocycles. The zero-order valence-electron chi connectivity index (χ0n) is 12.0. The number of nitrogens with two attached hydrogens (primary N) is 1. The van der Waals surface area contributed by atoms with Crippen LogP contribution < -0.4 is 5.73 Å². The first kappa shape index (κ1) is 13.9. The summed E-state index contributed by atoms with van der Waals surface area (Å²) < 4.78 is 1.78. The van der Waals surface area contributed by atoms with E-state index >= 15 is 0 Å². The van der Waals surface area contributed by atoms with Crippen molar-refractivity contribution in [1.29, 1.82) is 0 Å². The minimum atomic E-state index is -0.00699. The van der Waals surface area contributed by atoms with E-state index in [-0.39, 0.29) is 11.9 Å². The molecule has 2 N–H and O–H groups in total. The Morgan fingerprint density at radius 3 is 2.74 bits per heavy atom. The lowest BCUT2D eigenvalue weighted by molar-refractivity contribution is 0.0746. The lowest BCUT2D eigenvalue weighted by Gasteiger charge is -2.23. The van der Waals surface area contributed by atoms with Crippen molar-refractivity contribution in [3.63, 3.8) is 0 Å². The predicted octanol–water partition coefficient (Wildman–Crippen LogP) is 2.40. The molecule has 0 aromatic carbocycles. The molecule has 2 rings (SSSR count). The number of amides is 1. The minimum absolute atomic E-state index is 0.00699. The number of fused-ring (bicyclic) bond motifs is 1. The molecule has 0 aliphatic carbocycles. The summed E-state index contributed by atoms with van der Waals surface area (Å²) in [6.45, 7) is 6.02. The van der Waals surface area contributed by atoms with Crippen LogP contribution in [0.1, 0.15) is 35.6 Å². The molecule has 0 saturated heterocycles. The van der Waals surface area contributed by atoms with Gasteiger partial charge in [0.2, 0.25) is 0 Å². The number of thiophene rings is 1. The van der Waals surface area contributed by atoms with Crippen LogP contribution in [-0.2, 0) is 7.05 Å². The van der Waals surface area contributed by atoms with Gasteiger partial charge in [0.25, 0.3) is 5.91 Å². The largest absolute Gasteiger partial charge is 0.397 e. The topological polar surface area (TPSA) is 64.2 Å². The Bertz CT molecular complexity index is 628.